The van der Waals surface area contributed by atoms with Crippen molar-refractivity contribution >= 4 is 27.3 Å². The fraction of sp³-hybridized carbons (Fsp3) is 0.375. The molecule has 0 atom stereocenters. The van der Waals surface area contributed by atoms with Gasteiger partial charge >= 0.3 is 0 Å². The van der Waals surface area contributed by atoms with Crippen LogP contribution in [0.25, 0.3) is 0 Å². The molecule has 8 nitrogen and oxygen atoms in total. The number of aryl methyl sites for hydroxylation is 1. The molecule has 214 valence electrons. The molecule has 2 heterocycles. The van der Waals surface area contributed by atoms with E-state index in [0.717, 1.165) is 54.7 Å². The largest absolute Gasteiger partial charge is 0.370 e. The van der Waals surface area contributed by atoms with Crippen LogP contribution in [0.15, 0.2) is 65.6 Å². The van der Waals surface area contributed by atoms with E-state index in [1.807, 2.05) is 40.1 Å². The molecule has 5 rings (SSSR count). The summed E-state index contributed by atoms with van der Waals surface area (Å²) in [5.74, 6) is 0.539. The number of anilines is 2. The minimum absolute atomic E-state index is 0.0195. The van der Waals surface area contributed by atoms with Crippen LogP contribution >= 0.6 is 0 Å². The molecule has 1 amide bonds. The average Bonchev–Trinajstić information content (AvgIpc) is 2.99. The second-order valence-electron chi connectivity index (χ2n) is 11.1. The number of carbonyl (C=O) groups excluding carboxylic acids is 1. The van der Waals surface area contributed by atoms with Crippen molar-refractivity contribution in [1.29, 1.82) is 5.26 Å². The highest BCUT2D eigenvalue weighted by Crippen LogP contribution is 2.31. The molecule has 3 aromatic carbocycles. The summed E-state index contributed by atoms with van der Waals surface area (Å²) in [6.45, 7) is 8.08. The first-order valence-electron chi connectivity index (χ1n) is 14.2. The Morgan fingerprint density at radius 3 is 2.15 bits per heavy atom. The van der Waals surface area contributed by atoms with E-state index in [0.29, 0.717) is 37.8 Å². The van der Waals surface area contributed by atoms with Gasteiger partial charge in [0, 0.05) is 44.8 Å². The summed E-state index contributed by atoms with van der Waals surface area (Å²) in [6, 6.07) is 20.9. The molecule has 2 aliphatic rings. The Kier molecular flexibility index (Phi) is 8.34. The van der Waals surface area contributed by atoms with Crippen LogP contribution in [0.2, 0.25) is 0 Å². The lowest BCUT2D eigenvalue weighted by molar-refractivity contribution is 0.0745. The average molecular weight is 572 g/mol. The van der Waals surface area contributed by atoms with E-state index in [1.54, 1.807) is 18.2 Å². The van der Waals surface area contributed by atoms with Gasteiger partial charge in [0.25, 0.3) is 5.91 Å². The van der Waals surface area contributed by atoms with Gasteiger partial charge in [-0.3, -0.25) is 4.79 Å². The summed E-state index contributed by atoms with van der Waals surface area (Å²) in [5.41, 5.74) is 6.57. The summed E-state index contributed by atoms with van der Waals surface area (Å²) in [4.78, 5) is 19.9. The molecule has 0 aromatic heterocycles. The van der Waals surface area contributed by atoms with Crippen LogP contribution in [-0.2, 0) is 16.4 Å². The zero-order valence-electron chi connectivity index (χ0n) is 23.7. The number of amides is 1. The number of sulfonamides is 1. The number of benzene rings is 3. The number of nitriles is 1. The maximum atomic E-state index is 13.7. The predicted molar refractivity (Wildman–Crippen MR) is 162 cm³/mol. The molecule has 0 aliphatic carbocycles. The number of rotatable bonds is 6. The lowest BCUT2D eigenvalue weighted by Gasteiger charge is -2.37. The van der Waals surface area contributed by atoms with E-state index < -0.39 is 10.0 Å². The van der Waals surface area contributed by atoms with Gasteiger partial charge in [0.2, 0.25) is 10.0 Å². The van der Waals surface area contributed by atoms with E-state index in [1.165, 1.54) is 17.2 Å². The number of piperazine rings is 1. The van der Waals surface area contributed by atoms with Crippen molar-refractivity contribution in [3.8, 4) is 6.07 Å². The maximum Gasteiger partial charge on any atom is 0.254 e. The number of primary sulfonamides is 1. The van der Waals surface area contributed by atoms with E-state index in [9.17, 15) is 18.5 Å². The van der Waals surface area contributed by atoms with Crippen LogP contribution in [0, 0.1) is 31.1 Å². The molecule has 2 fully saturated rings. The number of nitrogens with two attached hydrogens (primary N) is 1. The van der Waals surface area contributed by atoms with Gasteiger partial charge in [-0.15, -0.1) is 0 Å². The van der Waals surface area contributed by atoms with Gasteiger partial charge in [-0.05, 0) is 86.1 Å². The number of para-hydroxylation sites is 2. The van der Waals surface area contributed by atoms with Crippen molar-refractivity contribution in [3.05, 3.63) is 88.5 Å². The van der Waals surface area contributed by atoms with Crippen LogP contribution in [0.3, 0.4) is 0 Å². The molecule has 0 saturated carbocycles. The van der Waals surface area contributed by atoms with Crippen molar-refractivity contribution in [1.82, 2.24) is 4.90 Å². The van der Waals surface area contributed by atoms with Gasteiger partial charge in [0.1, 0.15) is 11.0 Å². The van der Waals surface area contributed by atoms with Crippen molar-refractivity contribution in [2.24, 2.45) is 11.1 Å². The maximum absolute atomic E-state index is 13.7. The molecule has 9 heteroatoms. The molecule has 3 aromatic rings. The van der Waals surface area contributed by atoms with Gasteiger partial charge in [0.15, 0.2) is 0 Å². The second-order valence-corrected chi connectivity index (χ2v) is 12.6. The third-order valence-corrected chi connectivity index (χ3v) is 9.57. The normalized spacial score (nSPS) is 16.5. The number of carbonyl (C=O) groups is 1. The second kappa shape index (κ2) is 11.9. The van der Waals surface area contributed by atoms with Crippen molar-refractivity contribution in [2.45, 2.75) is 38.0 Å². The molecule has 0 radical (unpaired) electrons. The van der Waals surface area contributed by atoms with Gasteiger partial charge < -0.3 is 14.7 Å². The van der Waals surface area contributed by atoms with Crippen molar-refractivity contribution in [2.75, 3.05) is 49.1 Å². The molecule has 2 saturated heterocycles. The summed E-state index contributed by atoms with van der Waals surface area (Å²) >= 11 is 0. The summed E-state index contributed by atoms with van der Waals surface area (Å²) in [7, 11) is -3.84. The molecule has 0 bridgehead atoms. The standard InChI is InChI=1S/C32H37N5O3S/c1-23-11-12-27(32(38)37-19-17-36(18-20-37)30-9-5-6-10-31(30)41(34,39)40)24(2)28(23)21-25-13-15-35(16-14-25)29-8-4-3-7-26(29)22-33/h3-12,25H,13-21H2,1-2H3,(H2,34,39,40). The Balaban J connectivity index is 1.24. The molecular formula is C32H37N5O3S. The fourth-order valence-electron chi connectivity index (χ4n) is 6.23. The molecule has 2 N–H and O–H groups in total. The number of piperidine rings is 1. The number of nitrogens with zero attached hydrogens (tertiary/aromatic N) is 4. The first kappa shape index (κ1) is 28.7. The fourth-order valence-corrected chi connectivity index (χ4v) is 6.99. The first-order valence-corrected chi connectivity index (χ1v) is 15.7. The van der Waals surface area contributed by atoms with Gasteiger partial charge in [-0.2, -0.15) is 5.26 Å². The molecular weight excluding hydrogens is 534 g/mol. The Morgan fingerprint density at radius 2 is 1.49 bits per heavy atom. The minimum atomic E-state index is -3.84. The third kappa shape index (κ3) is 6.09. The number of hydrogen-bond donors (Lipinski definition) is 1. The molecule has 0 unspecified atom stereocenters. The summed E-state index contributed by atoms with van der Waals surface area (Å²) < 4.78 is 24.1. The Labute approximate surface area is 243 Å². The predicted octanol–water partition coefficient (Wildman–Crippen LogP) is 4.24. The Hall–Kier alpha value is -3.87. The van der Waals surface area contributed by atoms with Crippen LogP contribution in [0.5, 0.6) is 0 Å². The highest BCUT2D eigenvalue weighted by molar-refractivity contribution is 7.89. The van der Waals surface area contributed by atoms with Crippen LogP contribution in [0.4, 0.5) is 11.4 Å². The zero-order valence-corrected chi connectivity index (χ0v) is 24.5. The van der Waals surface area contributed by atoms with E-state index >= 15 is 0 Å². The minimum Gasteiger partial charge on any atom is -0.370 e. The van der Waals surface area contributed by atoms with E-state index in [2.05, 4.69) is 30.9 Å². The topological polar surface area (TPSA) is 111 Å². The lowest BCUT2D eigenvalue weighted by atomic mass is 9.85. The van der Waals surface area contributed by atoms with Gasteiger partial charge in [0.05, 0.1) is 16.9 Å². The van der Waals surface area contributed by atoms with Crippen molar-refractivity contribution < 1.29 is 13.2 Å². The zero-order chi connectivity index (χ0) is 29.1. The van der Waals surface area contributed by atoms with Gasteiger partial charge in [-0.25, -0.2) is 13.6 Å². The van der Waals surface area contributed by atoms with Crippen LogP contribution in [0.1, 0.15) is 45.5 Å². The number of hydrogen-bond acceptors (Lipinski definition) is 6. The molecule has 0 spiro atoms. The molecule has 41 heavy (non-hydrogen) atoms. The quantitative estimate of drug-likeness (QED) is 0.474. The Bertz CT molecular complexity index is 1580. The van der Waals surface area contributed by atoms with Crippen LogP contribution < -0.4 is 14.9 Å². The lowest BCUT2D eigenvalue weighted by Crippen LogP contribution is -2.49. The summed E-state index contributed by atoms with van der Waals surface area (Å²) in [5, 5.41) is 14.9. The van der Waals surface area contributed by atoms with Crippen LogP contribution in [-0.4, -0.2) is 58.5 Å². The highest BCUT2D eigenvalue weighted by Gasteiger charge is 2.28. The Morgan fingerprint density at radius 1 is 0.878 bits per heavy atom. The third-order valence-electron chi connectivity index (χ3n) is 8.61. The first-order chi connectivity index (χ1) is 19.7. The molecule has 2 aliphatic heterocycles. The van der Waals surface area contributed by atoms with Gasteiger partial charge in [-0.1, -0.05) is 30.3 Å². The smallest absolute Gasteiger partial charge is 0.254 e. The SMILES string of the molecule is Cc1ccc(C(=O)N2CCN(c3ccccc3S(N)(=O)=O)CC2)c(C)c1CC1CCN(c2ccccc2C#N)CC1. The highest BCUT2D eigenvalue weighted by atomic mass is 32.2. The van der Waals surface area contributed by atoms with E-state index in [-0.39, 0.29) is 10.8 Å². The summed E-state index contributed by atoms with van der Waals surface area (Å²) in [6.07, 6.45) is 3.02. The monoisotopic (exact) mass is 571 g/mol. The van der Waals surface area contributed by atoms with Crippen molar-refractivity contribution in [3.63, 3.8) is 0 Å². The van der Waals surface area contributed by atoms with E-state index in [4.69, 9.17) is 5.14 Å².